The maximum atomic E-state index is 11.8. The number of hydrogen-bond acceptors (Lipinski definition) is 2. The van der Waals surface area contributed by atoms with Crippen LogP contribution in [0.4, 0.5) is 0 Å². The summed E-state index contributed by atoms with van der Waals surface area (Å²) in [7, 11) is 0. The van der Waals surface area contributed by atoms with E-state index in [-0.39, 0.29) is 0 Å². The first-order valence-electron chi connectivity index (χ1n) is 8.58. The fraction of sp³-hybridized carbons (Fsp3) is 0.941. The van der Waals surface area contributed by atoms with Gasteiger partial charge in [-0.2, -0.15) is 0 Å². The van der Waals surface area contributed by atoms with E-state index in [9.17, 15) is 9.90 Å². The normalized spacial score (nSPS) is 35.9. The second-order valence-corrected chi connectivity index (χ2v) is 7.00. The number of carboxylic acid groups (broad SMARTS) is 1. The Labute approximate surface area is 123 Å². The second-order valence-electron chi connectivity index (χ2n) is 7.00. The molecule has 1 N–H and O–H groups in total. The Kier molecular flexibility index (Phi) is 5.48. The van der Waals surface area contributed by atoms with E-state index in [0.717, 1.165) is 44.7 Å². The van der Waals surface area contributed by atoms with Crippen molar-refractivity contribution in [3.05, 3.63) is 0 Å². The second kappa shape index (κ2) is 6.93. The lowest BCUT2D eigenvalue weighted by Crippen LogP contribution is -2.52. The first kappa shape index (κ1) is 15.8. The van der Waals surface area contributed by atoms with E-state index in [4.69, 9.17) is 0 Å². The van der Waals surface area contributed by atoms with Crippen LogP contribution in [0.15, 0.2) is 0 Å². The van der Waals surface area contributed by atoms with Crippen molar-refractivity contribution < 1.29 is 9.90 Å². The zero-order valence-corrected chi connectivity index (χ0v) is 13.2. The molecule has 3 atom stereocenters. The predicted molar refractivity (Wildman–Crippen MR) is 81.8 cm³/mol. The first-order chi connectivity index (χ1) is 9.61. The fourth-order valence-electron chi connectivity index (χ4n) is 4.41. The molecule has 0 spiro atoms. The maximum Gasteiger partial charge on any atom is 0.310 e. The molecule has 0 aromatic rings. The number of carbonyl (C=O) groups is 1. The van der Waals surface area contributed by atoms with Gasteiger partial charge in [0.15, 0.2) is 0 Å². The number of hydrogen-bond donors (Lipinski definition) is 1. The SMILES string of the molecule is CCCC1(C(=O)O)CCCN(C2CCCC(CC)C2)C1. The lowest BCUT2D eigenvalue weighted by Gasteiger charge is -2.45. The number of piperidine rings is 1. The summed E-state index contributed by atoms with van der Waals surface area (Å²) in [6.07, 6.45) is 10.3. The third kappa shape index (κ3) is 3.36. The molecular weight excluding hydrogens is 250 g/mol. The van der Waals surface area contributed by atoms with Gasteiger partial charge in [0.05, 0.1) is 5.41 Å². The number of carboxylic acids is 1. The average molecular weight is 281 g/mol. The molecule has 1 saturated heterocycles. The molecule has 0 aromatic carbocycles. The van der Waals surface area contributed by atoms with Crippen molar-refractivity contribution in [3.63, 3.8) is 0 Å². The number of rotatable bonds is 5. The molecule has 2 rings (SSSR count). The molecule has 0 aromatic heterocycles. The number of aliphatic carboxylic acids is 1. The summed E-state index contributed by atoms with van der Waals surface area (Å²) in [5.74, 6) is 0.299. The van der Waals surface area contributed by atoms with Gasteiger partial charge in [0.25, 0.3) is 0 Å². The van der Waals surface area contributed by atoms with E-state index >= 15 is 0 Å². The molecule has 1 saturated carbocycles. The van der Waals surface area contributed by atoms with Crippen LogP contribution in [0, 0.1) is 11.3 Å². The first-order valence-corrected chi connectivity index (χ1v) is 8.58. The van der Waals surface area contributed by atoms with Crippen molar-refractivity contribution in [3.8, 4) is 0 Å². The van der Waals surface area contributed by atoms with Gasteiger partial charge in [0.2, 0.25) is 0 Å². The fourth-order valence-corrected chi connectivity index (χ4v) is 4.41. The molecule has 0 radical (unpaired) electrons. The third-order valence-corrected chi connectivity index (χ3v) is 5.64. The minimum absolute atomic E-state index is 0.466. The molecule has 2 aliphatic rings. The monoisotopic (exact) mass is 281 g/mol. The standard InChI is InChI=1S/C17H31NO2/c1-3-9-17(16(19)20)10-6-11-18(13-17)15-8-5-7-14(4-2)12-15/h14-15H,3-13H2,1-2H3,(H,19,20). The van der Waals surface area contributed by atoms with Gasteiger partial charge in [0.1, 0.15) is 0 Å². The molecule has 1 heterocycles. The van der Waals surface area contributed by atoms with E-state index < -0.39 is 11.4 Å². The van der Waals surface area contributed by atoms with Crippen LogP contribution in [0.3, 0.4) is 0 Å². The highest BCUT2D eigenvalue weighted by Crippen LogP contribution is 2.38. The van der Waals surface area contributed by atoms with Crippen LogP contribution in [0.5, 0.6) is 0 Å². The van der Waals surface area contributed by atoms with Gasteiger partial charge < -0.3 is 5.11 Å². The highest BCUT2D eigenvalue weighted by molar-refractivity contribution is 5.75. The Morgan fingerprint density at radius 2 is 2.10 bits per heavy atom. The van der Waals surface area contributed by atoms with Crippen molar-refractivity contribution in [2.24, 2.45) is 11.3 Å². The highest BCUT2D eigenvalue weighted by Gasteiger charge is 2.43. The highest BCUT2D eigenvalue weighted by atomic mass is 16.4. The third-order valence-electron chi connectivity index (χ3n) is 5.64. The van der Waals surface area contributed by atoms with Gasteiger partial charge in [-0.25, -0.2) is 0 Å². The summed E-state index contributed by atoms with van der Waals surface area (Å²) in [5, 5.41) is 9.71. The van der Waals surface area contributed by atoms with Crippen LogP contribution in [0.25, 0.3) is 0 Å². The molecule has 1 aliphatic heterocycles. The van der Waals surface area contributed by atoms with Crippen LogP contribution in [0.2, 0.25) is 0 Å². The topological polar surface area (TPSA) is 40.5 Å². The molecular formula is C17H31NO2. The van der Waals surface area contributed by atoms with Crippen molar-refractivity contribution >= 4 is 5.97 Å². The summed E-state index contributed by atoms with van der Waals surface area (Å²) >= 11 is 0. The maximum absolute atomic E-state index is 11.8. The van der Waals surface area contributed by atoms with E-state index in [1.54, 1.807) is 0 Å². The number of likely N-dealkylation sites (tertiary alicyclic amines) is 1. The van der Waals surface area contributed by atoms with Crippen molar-refractivity contribution in [1.29, 1.82) is 0 Å². The Morgan fingerprint density at radius 1 is 1.30 bits per heavy atom. The zero-order chi connectivity index (χ0) is 14.6. The largest absolute Gasteiger partial charge is 0.481 e. The summed E-state index contributed by atoms with van der Waals surface area (Å²) in [5.41, 5.74) is -0.466. The van der Waals surface area contributed by atoms with Gasteiger partial charge in [-0.1, -0.05) is 39.5 Å². The van der Waals surface area contributed by atoms with Gasteiger partial charge in [0, 0.05) is 12.6 Å². The molecule has 2 fully saturated rings. The molecule has 3 heteroatoms. The molecule has 3 unspecified atom stereocenters. The van der Waals surface area contributed by atoms with E-state index in [0.29, 0.717) is 6.04 Å². The van der Waals surface area contributed by atoms with Gasteiger partial charge in [-0.3, -0.25) is 9.69 Å². The van der Waals surface area contributed by atoms with Gasteiger partial charge in [-0.05, 0) is 44.6 Å². The van der Waals surface area contributed by atoms with Crippen LogP contribution in [-0.2, 0) is 4.79 Å². The molecule has 3 nitrogen and oxygen atoms in total. The quantitative estimate of drug-likeness (QED) is 0.830. The van der Waals surface area contributed by atoms with Crippen molar-refractivity contribution in [2.75, 3.05) is 13.1 Å². The minimum Gasteiger partial charge on any atom is -0.481 e. The smallest absolute Gasteiger partial charge is 0.310 e. The summed E-state index contributed by atoms with van der Waals surface area (Å²) in [6, 6.07) is 0.643. The average Bonchev–Trinajstić information content (AvgIpc) is 2.48. The summed E-state index contributed by atoms with van der Waals surface area (Å²) in [4.78, 5) is 14.3. The number of nitrogens with zero attached hydrogens (tertiary/aromatic N) is 1. The van der Waals surface area contributed by atoms with Gasteiger partial charge >= 0.3 is 5.97 Å². The Balaban J connectivity index is 2.03. The summed E-state index contributed by atoms with van der Waals surface area (Å²) in [6.45, 7) is 6.30. The lowest BCUT2D eigenvalue weighted by molar-refractivity contribution is -0.154. The molecule has 1 aliphatic carbocycles. The molecule has 0 bridgehead atoms. The van der Waals surface area contributed by atoms with Crippen LogP contribution in [0.1, 0.15) is 71.6 Å². The summed E-state index contributed by atoms with van der Waals surface area (Å²) < 4.78 is 0. The van der Waals surface area contributed by atoms with E-state index in [1.807, 2.05) is 0 Å². The minimum atomic E-state index is -0.563. The molecule has 116 valence electrons. The van der Waals surface area contributed by atoms with Crippen molar-refractivity contribution in [1.82, 2.24) is 4.90 Å². The Hall–Kier alpha value is -0.570. The van der Waals surface area contributed by atoms with Crippen LogP contribution < -0.4 is 0 Å². The van der Waals surface area contributed by atoms with E-state index in [2.05, 4.69) is 18.7 Å². The molecule has 0 amide bonds. The molecule has 20 heavy (non-hydrogen) atoms. The van der Waals surface area contributed by atoms with Crippen LogP contribution >= 0.6 is 0 Å². The Morgan fingerprint density at radius 3 is 2.75 bits per heavy atom. The predicted octanol–water partition coefficient (Wildman–Crippen LogP) is 3.92. The zero-order valence-electron chi connectivity index (χ0n) is 13.2. The van der Waals surface area contributed by atoms with Crippen molar-refractivity contribution in [2.45, 2.75) is 77.7 Å². The van der Waals surface area contributed by atoms with Gasteiger partial charge in [-0.15, -0.1) is 0 Å². The Bertz CT molecular complexity index is 327. The van der Waals surface area contributed by atoms with Crippen LogP contribution in [-0.4, -0.2) is 35.1 Å². The van der Waals surface area contributed by atoms with E-state index in [1.165, 1.54) is 32.1 Å². The lowest BCUT2D eigenvalue weighted by atomic mass is 9.74.